The minimum Gasteiger partial charge on any atom is -0.441 e. The molecule has 0 spiro atoms. The van der Waals surface area contributed by atoms with Crippen molar-refractivity contribution in [3.05, 3.63) is 23.2 Å². The van der Waals surface area contributed by atoms with Gasteiger partial charge in [-0.1, -0.05) is 0 Å². The van der Waals surface area contributed by atoms with Crippen molar-refractivity contribution in [2.75, 3.05) is 31.8 Å². The molecule has 2 heterocycles. The number of methoxy groups -OCH3 is 1. The number of nitrogens with zero attached hydrogens (tertiary/aromatic N) is 3. The van der Waals surface area contributed by atoms with Gasteiger partial charge in [0.05, 0.1) is 36.0 Å². The van der Waals surface area contributed by atoms with E-state index in [1.807, 2.05) is 24.3 Å². The number of cyclic esters (lactones) is 1. The molecule has 120 valence electrons. The number of aromatic nitrogens is 1. The van der Waals surface area contributed by atoms with E-state index in [1.165, 1.54) is 11.3 Å². The summed E-state index contributed by atoms with van der Waals surface area (Å²) in [7, 11) is 1.58. The Morgan fingerprint density at radius 2 is 2.43 bits per heavy atom. The first kappa shape index (κ1) is 15.7. The van der Waals surface area contributed by atoms with Crippen molar-refractivity contribution in [3.8, 4) is 6.07 Å². The van der Waals surface area contributed by atoms with Crippen LogP contribution < -0.4 is 4.90 Å². The molecule has 23 heavy (non-hydrogen) atoms. The molecule has 1 aliphatic rings. The molecule has 2 aromatic rings. The number of amides is 1. The highest BCUT2D eigenvalue weighted by molar-refractivity contribution is 7.18. The fourth-order valence-corrected chi connectivity index (χ4v) is 3.32. The molecule has 0 radical (unpaired) electrons. The average Bonchev–Trinajstić information content (AvgIpc) is 3.10. The van der Waals surface area contributed by atoms with Crippen LogP contribution >= 0.6 is 11.3 Å². The minimum atomic E-state index is -0.367. The Balaban J connectivity index is 1.77. The smallest absolute Gasteiger partial charge is 0.414 e. The predicted octanol–water partition coefficient (Wildman–Crippen LogP) is 2.31. The molecule has 1 fully saturated rings. The van der Waals surface area contributed by atoms with Crippen molar-refractivity contribution in [2.45, 2.75) is 12.7 Å². The SMILES string of the molecule is COCC1CN(c2ccc3nc(COCC#N)sc3c2)C(=O)O1. The molecule has 8 heteroatoms. The number of hydrogen-bond donors (Lipinski definition) is 0. The lowest BCUT2D eigenvalue weighted by Crippen LogP contribution is -2.25. The first-order chi connectivity index (χ1) is 11.2. The van der Waals surface area contributed by atoms with Crippen LogP contribution in [0.2, 0.25) is 0 Å². The van der Waals surface area contributed by atoms with Crippen LogP contribution in [0.25, 0.3) is 10.2 Å². The summed E-state index contributed by atoms with van der Waals surface area (Å²) in [4.78, 5) is 18.0. The molecule has 1 atom stereocenters. The largest absolute Gasteiger partial charge is 0.441 e. The second kappa shape index (κ2) is 6.91. The number of rotatable bonds is 6. The quantitative estimate of drug-likeness (QED) is 0.754. The molecular weight excluding hydrogens is 318 g/mol. The molecule has 0 bridgehead atoms. The third-order valence-electron chi connectivity index (χ3n) is 3.35. The minimum absolute atomic E-state index is 0.0433. The van der Waals surface area contributed by atoms with E-state index < -0.39 is 0 Å². The van der Waals surface area contributed by atoms with E-state index >= 15 is 0 Å². The summed E-state index contributed by atoms with van der Waals surface area (Å²) in [6.07, 6.45) is -0.618. The van der Waals surface area contributed by atoms with Gasteiger partial charge in [0.1, 0.15) is 17.7 Å². The van der Waals surface area contributed by atoms with Gasteiger partial charge in [-0.3, -0.25) is 4.90 Å². The van der Waals surface area contributed by atoms with Gasteiger partial charge in [-0.25, -0.2) is 9.78 Å². The van der Waals surface area contributed by atoms with Gasteiger partial charge >= 0.3 is 6.09 Å². The third kappa shape index (κ3) is 3.42. The van der Waals surface area contributed by atoms with Crippen molar-refractivity contribution in [2.24, 2.45) is 0 Å². The van der Waals surface area contributed by atoms with E-state index in [2.05, 4.69) is 4.98 Å². The summed E-state index contributed by atoms with van der Waals surface area (Å²) in [6.45, 7) is 1.20. The second-order valence-electron chi connectivity index (χ2n) is 4.98. The Hall–Kier alpha value is -2.21. The summed E-state index contributed by atoms with van der Waals surface area (Å²) in [5.74, 6) is 0. The van der Waals surface area contributed by atoms with Gasteiger partial charge < -0.3 is 14.2 Å². The fourth-order valence-electron chi connectivity index (χ4n) is 2.38. The highest BCUT2D eigenvalue weighted by atomic mass is 32.1. The van der Waals surface area contributed by atoms with Crippen LogP contribution in [0.4, 0.5) is 10.5 Å². The number of thiazole rings is 1. The van der Waals surface area contributed by atoms with E-state index in [4.69, 9.17) is 19.5 Å². The Labute approximate surface area is 137 Å². The van der Waals surface area contributed by atoms with Gasteiger partial charge in [-0.05, 0) is 18.2 Å². The van der Waals surface area contributed by atoms with Gasteiger partial charge in [0.15, 0.2) is 0 Å². The van der Waals surface area contributed by atoms with Crippen LogP contribution in [0.5, 0.6) is 0 Å². The van der Waals surface area contributed by atoms with Crippen molar-refractivity contribution in [1.29, 1.82) is 5.26 Å². The highest BCUT2D eigenvalue weighted by Gasteiger charge is 2.32. The van der Waals surface area contributed by atoms with Gasteiger partial charge in [0, 0.05) is 12.8 Å². The number of anilines is 1. The summed E-state index contributed by atoms with van der Waals surface area (Å²) in [6, 6.07) is 7.55. The summed E-state index contributed by atoms with van der Waals surface area (Å²) in [5, 5.41) is 9.28. The third-order valence-corrected chi connectivity index (χ3v) is 4.34. The molecular formula is C15H15N3O4S. The molecule has 1 saturated heterocycles. The normalized spacial score (nSPS) is 17.5. The average molecular weight is 333 g/mol. The summed E-state index contributed by atoms with van der Waals surface area (Å²) >= 11 is 1.48. The zero-order valence-corrected chi connectivity index (χ0v) is 13.3. The van der Waals surface area contributed by atoms with E-state index in [9.17, 15) is 4.79 Å². The van der Waals surface area contributed by atoms with Gasteiger partial charge in [-0.15, -0.1) is 11.3 Å². The van der Waals surface area contributed by atoms with Crippen LogP contribution in [0.3, 0.4) is 0 Å². The Kier molecular flexibility index (Phi) is 4.71. The van der Waals surface area contributed by atoms with Crippen LogP contribution in [0.15, 0.2) is 18.2 Å². The molecule has 1 aromatic carbocycles. The number of ether oxygens (including phenoxy) is 3. The monoisotopic (exact) mass is 333 g/mol. The van der Waals surface area contributed by atoms with Crippen molar-refractivity contribution in [3.63, 3.8) is 0 Å². The lowest BCUT2D eigenvalue weighted by molar-refractivity contribution is 0.0718. The molecule has 1 amide bonds. The van der Waals surface area contributed by atoms with E-state index in [-0.39, 0.29) is 18.8 Å². The first-order valence-corrected chi connectivity index (χ1v) is 7.84. The van der Waals surface area contributed by atoms with Crippen molar-refractivity contribution >= 4 is 33.3 Å². The van der Waals surface area contributed by atoms with Crippen LogP contribution in [0, 0.1) is 11.3 Å². The standard InChI is InChI=1S/C15H15N3O4S/c1-20-8-11-7-18(15(19)22-11)10-2-3-12-13(6-10)23-14(17-12)9-21-5-4-16/h2-3,6,11H,5,7-9H2,1H3. The maximum Gasteiger partial charge on any atom is 0.414 e. The number of nitriles is 1. The number of hydrogen-bond acceptors (Lipinski definition) is 7. The lowest BCUT2D eigenvalue weighted by atomic mass is 10.2. The first-order valence-electron chi connectivity index (χ1n) is 7.02. The maximum atomic E-state index is 12.0. The molecule has 1 aliphatic heterocycles. The predicted molar refractivity (Wildman–Crippen MR) is 84.4 cm³/mol. The fraction of sp³-hybridized carbons (Fsp3) is 0.400. The second-order valence-corrected chi connectivity index (χ2v) is 6.10. The van der Waals surface area contributed by atoms with Gasteiger partial charge in [0.25, 0.3) is 0 Å². The number of benzene rings is 1. The topological polar surface area (TPSA) is 84.7 Å². The molecule has 1 unspecified atom stereocenters. The molecule has 0 saturated carbocycles. The van der Waals surface area contributed by atoms with Gasteiger partial charge in [-0.2, -0.15) is 5.26 Å². The van der Waals surface area contributed by atoms with E-state index in [1.54, 1.807) is 12.0 Å². The molecule has 1 aromatic heterocycles. The van der Waals surface area contributed by atoms with Crippen LogP contribution in [-0.2, 0) is 20.8 Å². The van der Waals surface area contributed by atoms with E-state index in [0.29, 0.717) is 19.8 Å². The Morgan fingerprint density at radius 1 is 1.57 bits per heavy atom. The molecule has 7 nitrogen and oxygen atoms in total. The number of fused-ring (bicyclic) bond motifs is 1. The van der Waals surface area contributed by atoms with E-state index in [0.717, 1.165) is 20.9 Å². The summed E-state index contributed by atoms with van der Waals surface area (Å²) < 4.78 is 16.4. The Bertz CT molecular complexity index is 755. The van der Waals surface area contributed by atoms with Crippen molar-refractivity contribution in [1.82, 2.24) is 4.98 Å². The number of carbonyl (C=O) groups is 1. The Morgan fingerprint density at radius 3 is 3.22 bits per heavy atom. The van der Waals surface area contributed by atoms with Crippen LogP contribution in [-0.4, -0.2) is 44.0 Å². The molecule has 0 N–H and O–H groups in total. The van der Waals surface area contributed by atoms with Crippen LogP contribution in [0.1, 0.15) is 5.01 Å². The molecule has 0 aliphatic carbocycles. The zero-order chi connectivity index (χ0) is 16.2. The van der Waals surface area contributed by atoms with Gasteiger partial charge in [0.2, 0.25) is 0 Å². The van der Waals surface area contributed by atoms with Crippen molar-refractivity contribution < 1.29 is 19.0 Å². The number of carbonyl (C=O) groups excluding carboxylic acids is 1. The zero-order valence-electron chi connectivity index (χ0n) is 12.5. The lowest BCUT2D eigenvalue weighted by Gasteiger charge is -2.12. The maximum absolute atomic E-state index is 12.0. The summed E-state index contributed by atoms with van der Waals surface area (Å²) in [5.41, 5.74) is 1.62. The highest BCUT2D eigenvalue weighted by Crippen LogP contribution is 2.29. The molecule has 3 rings (SSSR count).